The number of rotatable bonds is 7. The van der Waals surface area contributed by atoms with E-state index in [1.165, 1.54) is 16.5 Å². The van der Waals surface area contributed by atoms with Crippen LogP contribution in [0.25, 0.3) is 27.8 Å². The van der Waals surface area contributed by atoms with E-state index in [2.05, 4.69) is 59.4 Å². The summed E-state index contributed by atoms with van der Waals surface area (Å²) < 4.78 is 7.38. The van der Waals surface area contributed by atoms with Crippen molar-refractivity contribution in [2.45, 2.75) is 63.8 Å². The minimum Gasteiger partial charge on any atom is -0.493 e. The van der Waals surface area contributed by atoms with Gasteiger partial charge in [0.15, 0.2) is 11.4 Å². The molecule has 1 amide bonds. The van der Waals surface area contributed by atoms with Crippen molar-refractivity contribution in [3.05, 3.63) is 47.9 Å². The van der Waals surface area contributed by atoms with Crippen molar-refractivity contribution in [1.29, 1.82) is 0 Å². The number of nitrogens with zero attached hydrogens (tertiary/aromatic N) is 4. The third kappa shape index (κ3) is 4.94. The molecule has 0 saturated heterocycles. The first-order valence-electron chi connectivity index (χ1n) is 13.2. The summed E-state index contributed by atoms with van der Waals surface area (Å²) in [4.78, 5) is 22.3. The van der Waals surface area contributed by atoms with Gasteiger partial charge in [-0.15, -0.1) is 0 Å². The molecule has 5 rings (SSSR count). The van der Waals surface area contributed by atoms with Crippen LogP contribution in [0.3, 0.4) is 0 Å². The maximum absolute atomic E-state index is 12.4. The van der Waals surface area contributed by atoms with E-state index in [-0.39, 0.29) is 11.4 Å². The number of hydrogen-bond acceptors (Lipinski definition) is 5. The summed E-state index contributed by atoms with van der Waals surface area (Å²) in [7, 11) is 5.52. The molecule has 3 aromatic heterocycles. The van der Waals surface area contributed by atoms with Crippen LogP contribution in [0.2, 0.25) is 0 Å². The van der Waals surface area contributed by atoms with E-state index in [1.807, 2.05) is 31.3 Å². The van der Waals surface area contributed by atoms with Crippen LogP contribution in [0, 0.1) is 0 Å². The van der Waals surface area contributed by atoms with Crippen molar-refractivity contribution in [1.82, 2.24) is 29.8 Å². The summed E-state index contributed by atoms with van der Waals surface area (Å²) in [5.74, 6) is 1.63. The van der Waals surface area contributed by atoms with Crippen LogP contribution in [-0.4, -0.2) is 63.7 Å². The molecular weight excluding hydrogens is 464 g/mol. The number of aromatic amines is 1. The molecule has 0 bridgehead atoms. The highest BCUT2D eigenvalue weighted by Crippen LogP contribution is 2.42. The zero-order chi connectivity index (χ0) is 26.3. The van der Waals surface area contributed by atoms with E-state index in [1.54, 1.807) is 18.0 Å². The van der Waals surface area contributed by atoms with Crippen molar-refractivity contribution >= 4 is 22.5 Å². The minimum atomic E-state index is -0.128. The molecule has 8 heteroatoms. The molecule has 2 N–H and O–H groups in total. The Bertz CT molecular complexity index is 1430. The Hall–Kier alpha value is -3.39. The van der Waals surface area contributed by atoms with Crippen LogP contribution in [-0.2, 0) is 4.79 Å². The van der Waals surface area contributed by atoms with E-state index in [4.69, 9.17) is 4.74 Å². The van der Waals surface area contributed by atoms with Gasteiger partial charge in [-0.3, -0.25) is 4.79 Å². The Kier molecular flexibility index (Phi) is 6.70. The normalized spacial score (nSPS) is 20.3. The molecule has 1 fully saturated rings. The third-order valence-corrected chi connectivity index (χ3v) is 7.75. The number of H-pyrrole nitrogens is 1. The summed E-state index contributed by atoms with van der Waals surface area (Å²) in [5, 5.41) is 8.90. The molecule has 37 heavy (non-hydrogen) atoms. The first-order chi connectivity index (χ1) is 17.7. The smallest absolute Gasteiger partial charge is 0.234 e. The van der Waals surface area contributed by atoms with E-state index in [0.717, 1.165) is 42.5 Å². The maximum atomic E-state index is 12.4. The zero-order valence-corrected chi connectivity index (χ0v) is 22.8. The summed E-state index contributed by atoms with van der Waals surface area (Å²) in [6.07, 6.45) is 7.67. The van der Waals surface area contributed by atoms with E-state index >= 15 is 0 Å². The van der Waals surface area contributed by atoms with Gasteiger partial charge >= 0.3 is 0 Å². The second-order valence-electron chi connectivity index (χ2n) is 11.3. The summed E-state index contributed by atoms with van der Waals surface area (Å²) in [6, 6.07) is 8.91. The fraction of sp³-hybridized carbons (Fsp3) is 0.483. The third-order valence-electron chi connectivity index (χ3n) is 7.75. The fourth-order valence-corrected chi connectivity index (χ4v) is 5.87. The fourth-order valence-electron chi connectivity index (χ4n) is 5.87. The quantitative estimate of drug-likeness (QED) is 0.367. The first kappa shape index (κ1) is 25.3. The molecular formula is C29H38N6O2. The Morgan fingerprint density at radius 2 is 2.03 bits per heavy atom. The number of nitrogens with one attached hydrogen (secondary N) is 2. The number of benzene rings is 1. The SMILES string of the molecule is COc1cc(-c2[nH]c3ccc(C4CCC(C)(NC(=O)CN(C)C)CC4)cc3c2C(C)C)cn2ncnc12. The molecule has 0 radical (unpaired) electrons. The maximum Gasteiger partial charge on any atom is 0.234 e. The average Bonchev–Trinajstić information content (AvgIpc) is 3.47. The lowest BCUT2D eigenvalue weighted by molar-refractivity contribution is -0.123. The van der Waals surface area contributed by atoms with Gasteiger partial charge in [-0.05, 0) is 87.9 Å². The lowest BCUT2D eigenvalue weighted by atomic mass is 9.75. The van der Waals surface area contributed by atoms with Crippen molar-refractivity contribution in [2.75, 3.05) is 27.7 Å². The Morgan fingerprint density at radius 3 is 2.70 bits per heavy atom. The standard InChI is InChI=1S/C29H38N6O2/c1-18(2)26-22-13-20(19-9-11-29(3,12-10-19)33-25(36)16-34(4)5)7-8-23(22)32-27(26)21-14-24(37-6)28-30-17-31-35(28)15-21/h7-8,13-15,17-19,32H,9-12,16H2,1-6H3,(H,33,36). The molecule has 8 nitrogen and oxygen atoms in total. The van der Waals surface area contributed by atoms with Gasteiger partial charge in [0.25, 0.3) is 0 Å². The highest BCUT2D eigenvalue weighted by molar-refractivity contribution is 5.92. The number of fused-ring (bicyclic) bond motifs is 2. The van der Waals surface area contributed by atoms with E-state index < -0.39 is 0 Å². The lowest BCUT2D eigenvalue weighted by Gasteiger charge is -2.38. The number of hydrogen-bond donors (Lipinski definition) is 2. The monoisotopic (exact) mass is 502 g/mol. The molecule has 4 aromatic rings. The largest absolute Gasteiger partial charge is 0.493 e. The molecule has 196 valence electrons. The number of pyridine rings is 1. The predicted molar refractivity (Wildman–Crippen MR) is 147 cm³/mol. The van der Waals surface area contributed by atoms with Crippen LogP contribution >= 0.6 is 0 Å². The number of likely N-dealkylation sites (N-methyl/N-ethyl adjacent to an activating group) is 1. The molecule has 0 aliphatic heterocycles. The molecule has 1 saturated carbocycles. The van der Waals surface area contributed by atoms with Gasteiger partial charge in [-0.25, -0.2) is 9.50 Å². The molecule has 0 unspecified atom stereocenters. The second kappa shape index (κ2) is 9.82. The van der Waals surface area contributed by atoms with E-state index in [9.17, 15) is 4.79 Å². The predicted octanol–water partition coefficient (Wildman–Crippen LogP) is 5.10. The number of aromatic nitrogens is 4. The van der Waals surface area contributed by atoms with Crippen LogP contribution in [0.4, 0.5) is 0 Å². The van der Waals surface area contributed by atoms with Gasteiger partial charge in [0.2, 0.25) is 5.91 Å². The van der Waals surface area contributed by atoms with Gasteiger partial charge in [-0.2, -0.15) is 5.10 Å². The molecule has 1 aliphatic rings. The number of methoxy groups -OCH3 is 1. The highest BCUT2D eigenvalue weighted by atomic mass is 16.5. The number of ether oxygens (including phenoxy) is 1. The molecule has 1 aliphatic carbocycles. The Balaban J connectivity index is 1.44. The molecule has 0 atom stereocenters. The van der Waals surface area contributed by atoms with Crippen LogP contribution in [0.5, 0.6) is 5.75 Å². The number of carbonyl (C=O) groups is 1. The number of carbonyl (C=O) groups excluding carboxylic acids is 1. The van der Waals surface area contributed by atoms with Gasteiger partial charge in [0, 0.05) is 28.2 Å². The number of amides is 1. The van der Waals surface area contributed by atoms with Crippen LogP contribution < -0.4 is 10.1 Å². The molecule has 0 spiro atoms. The first-order valence-corrected chi connectivity index (χ1v) is 13.2. The second-order valence-corrected chi connectivity index (χ2v) is 11.3. The van der Waals surface area contributed by atoms with Gasteiger partial charge in [-0.1, -0.05) is 19.9 Å². The van der Waals surface area contributed by atoms with Gasteiger partial charge in [0.05, 0.1) is 19.3 Å². The van der Waals surface area contributed by atoms with E-state index in [0.29, 0.717) is 29.8 Å². The Morgan fingerprint density at radius 1 is 1.27 bits per heavy atom. The summed E-state index contributed by atoms with van der Waals surface area (Å²) >= 11 is 0. The van der Waals surface area contributed by atoms with Crippen LogP contribution in [0.1, 0.15) is 69.4 Å². The zero-order valence-electron chi connectivity index (χ0n) is 22.8. The lowest BCUT2D eigenvalue weighted by Crippen LogP contribution is -2.50. The summed E-state index contributed by atoms with van der Waals surface area (Å²) in [5.41, 5.74) is 6.52. The van der Waals surface area contributed by atoms with Crippen molar-refractivity contribution in [3.8, 4) is 17.0 Å². The summed E-state index contributed by atoms with van der Waals surface area (Å²) in [6.45, 7) is 7.10. The average molecular weight is 503 g/mol. The van der Waals surface area contributed by atoms with Gasteiger partial charge in [0.1, 0.15) is 6.33 Å². The molecule has 1 aromatic carbocycles. The minimum absolute atomic E-state index is 0.106. The van der Waals surface area contributed by atoms with Crippen LogP contribution in [0.15, 0.2) is 36.8 Å². The highest BCUT2D eigenvalue weighted by Gasteiger charge is 2.33. The van der Waals surface area contributed by atoms with Crippen molar-refractivity contribution < 1.29 is 9.53 Å². The molecule has 3 heterocycles. The van der Waals surface area contributed by atoms with Crippen molar-refractivity contribution in [3.63, 3.8) is 0 Å². The van der Waals surface area contributed by atoms with Crippen molar-refractivity contribution in [2.24, 2.45) is 0 Å². The topological polar surface area (TPSA) is 87.5 Å². The Labute approximate surface area is 218 Å². The van der Waals surface area contributed by atoms with Gasteiger partial charge < -0.3 is 19.9 Å².